The van der Waals surface area contributed by atoms with Crippen molar-refractivity contribution < 1.29 is 8.42 Å². The summed E-state index contributed by atoms with van der Waals surface area (Å²) in [5.74, 6) is 0. The van der Waals surface area contributed by atoms with E-state index >= 15 is 0 Å². The molecule has 0 saturated carbocycles. The molecule has 1 unspecified atom stereocenters. The van der Waals surface area contributed by atoms with Crippen LogP contribution in [0.15, 0.2) is 41.3 Å². The van der Waals surface area contributed by atoms with Crippen LogP contribution < -0.4 is 10.0 Å². The van der Waals surface area contributed by atoms with Gasteiger partial charge in [-0.25, -0.2) is 13.1 Å². The summed E-state index contributed by atoms with van der Waals surface area (Å²) in [6.45, 7) is 2.17. The van der Waals surface area contributed by atoms with Crippen LogP contribution >= 0.6 is 0 Å². The van der Waals surface area contributed by atoms with Gasteiger partial charge in [-0.1, -0.05) is 31.2 Å². The summed E-state index contributed by atoms with van der Waals surface area (Å²) in [5, 5.41) is 3.34. The third-order valence-electron chi connectivity index (χ3n) is 3.14. The average molecular weight is 280 g/mol. The van der Waals surface area contributed by atoms with Gasteiger partial charge in [0.25, 0.3) is 0 Å². The van der Waals surface area contributed by atoms with Gasteiger partial charge in [0, 0.05) is 12.6 Å². The molecule has 1 aromatic rings. The number of rotatable bonds is 5. The molecule has 2 N–H and O–H groups in total. The van der Waals surface area contributed by atoms with Gasteiger partial charge in [-0.15, -0.1) is 0 Å². The van der Waals surface area contributed by atoms with Crippen molar-refractivity contribution in [2.45, 2.75) is 37.1 Å². The fourth-order valence-electron chi connectivity index (χ4n) is 2.23. The molecule has 2 rings (SSSR count). The maximum Gasteiger partial charge on any atom is 0.242 e. The number of hydrogen-bond donors (Lipinski definition) is 2. The predicted octanol–water partition coefficient (Wildman–Crippen LogP) is 2.51. The second-order valence-corrected chi connectivity index (χ2v) is 6.36. The zero-order valence-electron chi connectivity index (χ0n) is 11.1. The molecular formula is C14H20N2O2S. The second kappa shape index (κ2) is 6.21. The van der Waals surface area contributed by atoms with Gasteiger partial charge in [0.05, 0.1) is 5.69 Å². The molecular weight excluding hydrogens is 260 g/mol. The highest BCUT2D eigenvalue weighted by Gasteiger charge is 2.19. The van der Waals surface area contributed by atoms with Crippen LogP contribution in [0.25, 0.3) is 0 Å². The summed E-state index contributed by atoms with van der Waals surface area (Å²) >= 11 is 0. The number of nitrogens with one attached hydrogen (secondary N) is 2. The summed E-state index contributed by atoms with van der Waals surface area (Å²) in [6.07, 6.45) is 7.32. The Balaban J connectivity index is 2.23. The summed E-state index contributed by atoms with van der Waals surface area (Å²) in [5.41, 5.74) is 0.684. The quantitative estimate of drug-likeness (QED) is 0.815. The zero-order valence-corrected chi connectivity index (χ0v) is 11.9. The molecule has 1 aromatic carbocycles. The lowest BCUT2D eigenvalue weighted by Gasteiger charge is -2.22. The largest absolute Gasteiger partial charge is 0.381 e. The van der Waals surface area contributed by atoms with Crippen molar-refractivity contribution in [1.29, 1.82) is 0 Å². The van der Waals surface area contributed by atoms with Crippen LogP contribution in [0, 0.1) is 0 Å². The molecule has 0 amide bonds. The molecule has 19 heavy (non-hydrogen) atoms. The van der Waals surface area contributed by atoms with E-state index in [4.69, 9.17) is 0 Å². The molecule has 4 nitrogen and oxygen atoms in total. The van der Waals surface area contributed by atoms with Crippen molar-refractivity contribution in [3.05, 3.63) is 36.4 Å². The van der Waals surface area contributed by atoms with Gasteiger partial charge in [-0.3, -0.25) is 0 Å². The molecule has 0 radical (unpaired) electrons. The van der Waals surface area contributed by atoms with Crippen molar-refractivity contribution in [3.63, 3.8) is 0 Å². The number of hydrogen-bond acceptors (Lipinski definition) is 3. The molecule has 104 valence electrons. The number of sulfonamides is 1. The van der Waals surface area contributed by atoms with E-state index in [-0.39, 0.29) is 0 Å². The van der Waals surface area contributed by atoms with Crippen LogP contribution in [0.1, 0.15) is 26.2 Å². The zero-order chi connectivity index (χ0) is 13.7. The van der Waals surface area contributed by atoms with Crippen LogP contribution in [0.4, 0.5) is 5.69 Å². The van der Waals surface area contributed by atoms with Crippen molar-refractivity contribution >= 4 is 15.7 Å². The third-order valence-corrected chi connectivity index (χ3v) is 4.74. The Labute approximate surface area is 115 Å². The number of allylic oxidation sites excluding steroid dienone is 1. The first kappa shape index (κ1) is 14.1. The van der Waals surface area contributed by atoms with Crippen LogP contribution in [0.2, 0.25) is 0 Å². The molecule has 0 heterocycles. The Morgan fingerprint density at radius 2 is 2.05 bits per heavy atom. The lowest BCUT2D eigenvalue weighted by Crippen LogP contribution is -2.26. The highest BCUT2D eigenvalue weighted by Crippen LogP contribution is 2.24. The average Bonchev–Trinajstić information content (AvgIpc) is 2.40. The van der Waals surface area contributed by atoms with E-state index < -0.39 is 10.0 Å². The van der Waals surface area contributed by atoms with E-state index in [0.29, 0.717) is 23.2 Å². The van der Waals surface area contributed by atoms with Crippen LogP contribution in [0.3, 0.4) is 0 Å². The van der Waals surface area contributed by atoms with Gasteiger partial charge in [-0.05, 0) is 31.4 Å². The normalized spacial score (nSPS) is 19.3. The molecule has 1 atom stereocenters. The van der Waals surface area contributed by atoms with E-state index in [9.17, 15) is 8.42 Å². The molecule has 5 heteroatoms. The van der Waals surface area contributed by atoms with Gasteiger partial charge >= 0.3 is 0 Å². The maximum atomic E-state index is 12.1. The molecule has 0 spiro atoms. The third kappa shape index (κ3) is 3.58. The molecule has 1 aliphatic rings. The van der Waals surface area contributed by atoms with Gasteiger partial charge in [0.2, 0.25) is 10.0 Å². The van der Waals surface area contributed by atoms with Crippen LogP contribution in [0.5, 0.6) is 0 Å². The van der Waals surface area contributed by atoms with E-state index in [0.717, 1.165) is 19.3 Å². The maximum absolute atomic E-state index is 12.1. The number of para-hydroxylation sites is 1. The van der Waals surface area contributed by atoms with Gasteiger partial charge in [0.15, 0.2) is 0 Å². The Hall–Kier alpha value is -1.33. The van der Waals surface area contributed by atoms with E-state index in [1.54, 1.807) is 19.1 Å². The monoisotopic (exact) mass is 280 g/mol. The molecule has 0 fully saturated rings. The lowest BCUT2D eigenvalue weighted by atomic mass is 10.0. The smallest absolute Gasteiger partial charge is 0.242 e. The molecule has 1 aliphatic carbocycles. The SMILES string of the molecule is CCNS(=O)(=O)c1ccccc1NC1CC=CCC1. The Morgan fingerprint density at radius 3 is 2.74 bits per heavy atom. The van der Waals surface area contributed by atoms with Crippen molar-refractivity contribution in [2.75, 3.05) is 11.9 Å². The fraction of sp³-hybridized carbons (Fsp3) is 0.429. The van der Waals surface area contributed by atoms with Gasteiger partial charge < -0.3 is 5.32 Å². The standard InChI is InChI=1S/C14H20N2O2S/c1-2-15-19(17,18)14-11-7-6-10-13(14)16-12-8-4-3-5-9-12/h3-4,6-7,10-12,15-16H,2,5,8-9H2,1H3. The number of benzene rings is 1. The molecule has 0 saturated heterocycles. The summed E-state index contributed by atoms with van der Waals surface area (Å²) in [4.78, 5) is 0.325. The summed E-state index contributed by atoms with van der Waals surface area (Å²) in [7, 11) is -3.42. The van der Waals surface area contributed by atoms with E-state index in [1.165, 1.54) is 0 Å². The molecule has 0 aliphatic heterocycles. The number of anilines is 1. The molecule has 0 aromatic heterocycles. The topological polar surface area (TPSA) is 58.2 Å². The van der Waals surface area contributed by atoms with Crippen molar-refractivity contribution in [2.24, 2.45) is 0 Å². The minimum atomic E-state index is -3.42. The van der Waals surface area contributed by atoms with Crippen molar-refractivity contribution in [3.8, 4) is 0 Å². The summed E-state index contributed by atoms with van der Waals surface area (Å²) in [6, 6.07) is 7.37. The summed E-state index contributed by atoms with van der Waals surface area (Å²) < 4.78 is 26.8. The van der Waals surface area contributed by atoms with Crippen molar-refractivity contribution in [1.82, 2.24) is 4.72 Å². The Bertz CT molecular complexity index is 552. The fourth-order valence-corrected chi connectivity index (χ4v) is 3.44. The molecule has 0 bridgehead atoms. The highest BCUT2D eigenvalue weighted by atomic mass is 32.2. The first-order valence-electron chi connectivity index (χ1n) is 6.63. The Morgan fingerprint density at radius 1 is 1.26 bits per heavy atom. The van der Waals surface area contributed by atoms with Crippen LogP contribution in [-0.4, -0.2) is 21.0 Å². The first-order chi connectivity index (χ1) is 9.13. The van der Waals surface area contributed by atoms with Crippen LogP contribution in [-0.2, 0) is 10.0 Å². The van der Waals surface area contributed by atoms with Gasteiger partial charge in [-0.2, -0.15) is 0 Å². The second-order valence-electron chi connectivity index (χ2n) is 4.62. The lowest BCUT2D eigenvalue weighted by molar-refractivity contribution is 0.583. The first-order valence-corrected chi connectivity index (χ1v) is 8.12. The Kier molecular flexibility index (Phi) is 4.61. The van der Waals surface area contributed by atoms with Gasteiger partial charge in [0.1, 0.15) is 4.90 Å². The predicted molar refractivity (Wildman–Crippen MR) is 77.7 cm³/mol. The van der Waals surface area contributed by atoms with E-state index in [1.807, 2.05) is 12.1 Å². The highest BCUT2D eigenvalue weighted by molar-refractivity contribution is 7.89. The van der Waals surface area contributed by atoms with E-state index in [2.05, 4.69) is 22.2 Å². The minimum Gasteiger partial charge on any atom is -0.381 e. The minimum absolute atomic E-state index is 0.308.